The quantitative estimate of drug-likeness (QED) is 0.450. The van der Waals surface area contributed by atoms with Crippen molar-refractivity contribution in [3.63, 3.8) is 0 Å². The Hall–Kier alpha value is -2.90. The number of H-pyrrole nitrogens is 1. The van der Waals surface area contributed by atoms with Crippen molar-refractivity contribution in [2.75, 3.05) is 23.7 Å². The van der Waals surface area contributed by atoms with E-state index in [9.17, 15) is 4.79 Å². The molecule has 2 saturated heterocycles. The molecule has 0 aliphatic carbocycles. The molecule has 5 N–H and O–H groups in total. The number of carbonyl (C=O) groups excluding carboxylic acids is 1. The molecule has 3 aromatic rings. The molecule has 0 saturated carbocycles. The fourth-order valence-electron chi connectivity index (χ4n) is 5.12. The number of carbonyl (C=O) groups is 1. The highest BCUT2D eigenvalue weighted by molar-refractivity contribution is 5.95. The number of aromatic nitrogens is 2. The lowest BCUT2D eigenvalue weighted by molar-refractivity contribution is -0.117. The van der Waals surface area contributed by atoms with E-state index >= 15 is 0 Å². The number of benzene rings is 2. The molecule has 2 fully saturated rings. The Morgan fingerprint density at radius 2 is 1.90 bits per heavy atom. The predicted octanol–water partition coefficient (Wildman–Crippen LogP) is 3.39. The molecule has 6 rings (SSSR count). The third kappa shape index (κ3) is 3.58. The van der Waals surface area contributed by atoms with Crippen molar-refractivity contribution in [2.45, 2.75) is 50.2 Å². The normalized spacial score (nSPS) is 25.0. The molecule has 1 amide bonds. The summed E-state index contributed by atoms with van der Waals surface area (Å²) in [6.07, 6.45) is 5.22. The molecule has 0 bridgehead atoms. The molecule has 1 unspecified atom stereocenters. The van der Waals surface area contributed by atoms with Crippen LogP contribution >= 0.6 is 0 Å². The van der Waals surface area contributed by atoms with E-state index < -0.39 is 0 Å². The summed E-state index contributed by atoms with van der Waals surface area (Å²) in [4.78, 5) is 20.8. The van der Waals surface area contributed by atoms with Crippen LogP contribution in [-0.2, 0) is 11.2 Å². The van der Waals surface area contributed by atoms with Gasteiger partial charge in [0.15, 0.2) is 0 Å². The monoisotopic (exact) mass is 416 g/mol. The van der Waals surface area contributed by atoms with Crippen molar-refractivity contribution >= 4 is 28.3 Å². The predicted molar refractivity (Wildman–Crippen MR) is 122 cm³/mol. The molecule has 4 heterocycles. The van der Waals surface area contributed by atoms with Gasteiger partial charge in [-0.2, -0.15) is 0 Å². The summed E-state index contributed by atoms with van der Waals surface area (Å²) in [6.45, 7) is 1.99. The average molecular weight is 417 g/mol. The molecule has 7 heteroatoms. The van der Waals surface area contributed by atoms with Crippen LogP contribution in [-0.4, -0.2) is 35.0 Å². The maximum Gasteiger partial charge on any atom is 0.241 e. The third-order valence-electron chi connectivity index (χ3n) is 6.82. The highest BCUT2D eigenvalue weighted by Crippen LogP contribution is 2.36. The van der Waals surface area contributed by atoms with Crippen LogP contribution in [0.5, 0.6) is 0 Å². The Morgan fingerprint density at radius 1 is 1.00 bits per heavy atom. The topological polar surface area (TPSA) is 93.9 Å². The number of amides is 1. The van der Waals surface area contributed by atoms with E-state index in [4.69, 9.17) is 4.98 Å². The number of imidazole rings is 1. The minimum Gasteiger partial charge on any atom is -0.378 e. The first-order chi connectivity index (χ1) is 15.2. The van der Waals surface area contributed by atoms with E-state index in [2.05, 4.69) is 56.6 Å². The highest BCUT2D eigenvalue weighted by atomic mass is 16.2. The number of nitrogens with one attached hydrogen (secondary N) is 5. The van der Waals surface area contributed by atoms with Crippen molar-refractivity contribution in [1.29, 1.82) is 0 Å². The van der Waals surface area contributed by atoms with E-state index in [1.165, 1.54) is 17.5 Å². The minimum absolute atomic E-state index is 0.0657. The van der Waals surface area contributed by atoms with Crippen LogP contribution in [0.2, 0.25) is 0 Å². The molecule has 1 aromatic heterocycles. The Balaban J connectivity index is 1.18. The van der Waals surface area contributed by atoms with Gasteiger partial charge in [-0.05, 0) is 86.7 Å². The Labute approximate surface area is 181 Å². The summed E-state index contributed by atoms with van der Waals surface area (Å²) in [5.74, 6) is 1.11. The second-order valence-corrected chi connectivity index (χ2v) is 8.96. The number of hydrogen-bond donors (Lipinski definition) is 5. The van der Waals surface area contributed by atoms with Gasteiger partial charge in [0, 0.05) is 11.4 Å². The highest BCUT2D eigenvalue weighted by Gasteiger charge is 2.25. The summed E-state index contributed by atoms with van der Waals surface area (Å²) in [5, 5.41) is 13.5. The lowest BCUT2D eigenvalue weighted by Gasteiger charge is -2.12. The molecule has 3 aliphatic heterocycles. The second kappa shape index (κ2) is 7.66. The minimum atomic E-state index is -0.0657. The molecule has 7 nitrogen and oxygen atoms in total. The lowest BCUT2D eigenvalue weighted by Crippen LogP contribution is -2.35. The van der Waals surface area contributed by atoms with E-state index in [0.717, 1.165) is 67.0 Å². The second-order valence-electron chi connectivity index (χ2n) is 8.96. The maximum atomic E-state index is 12.4. The van der Waals surface area contributed by atoms with Crippen molar-refractivity contribution < 1.29 is 4.79 Å². The Bertz CT molecular complexity index is 1130. The number of nitrogens with zero attached hydrogens (tertiary/aromatic N) is 1. The number of aromatic amines is 1. The summed E-state index contributed by atoms with van der Waals surface area (Å²) in [6, 6.07) is 13.2. The largest absolute Gasteiger partial charge is 0.378 e. The van der Waals surface area contributed by atoms with Gasteiger partial charge in [0.1, 0.15) is 5.82 Å². The smallest absolute Gasteiger partial charge is 0.241 e. The molecule has 2 aromatic carbocycles. The van der Waals surface area contributed by atoms with Crippen molar-refractivity contribution in [1.82, 2.24) is 20.6 Å². The van der Waals surface area contributed by atoms with Crippen LogP contribution in [0.1, 0.15) is 54.7 Å². The molecular formula is C24H28N6O. The number of hydrogen-bond acceptors (Lipinski definition) is 5. The van der Waals surface area contributed by atoms with Crippen molar-refractivity contribution in [2.24, 2.45) is 0 Å². The zero-order valence-electron chi connectivity index (χ0n) is 17.5. The van der Waals surface area contributed by atoms with E-state index in [-0.39, 0.29) is 18.0 Å². The first-order valence-electron chi connectivity index (χ1n) is 11.4. The van der Waals surface area contributed by atoms with Crippen LogP contribution in [0.25, 0.3) is 11.0 Å². The Kier molecular flexibility index (Phi) is 4.65. The van der Waals surface area contributed by atoms with Crippen LogP contribution in [0.15, 0.2) is 36.4 Å². The number of anilines is 2. The standard InChI is InChI=1S/C24H28N6O/c31-24(20-4-2-10-26-20)27-16-6-8-17-15(11-16)13-21(28-17)14-5-7-18-22(12-14)30-23(29-18)19-3-1-9-25-19/h5-8,11-12,19-21,25-26,28H,1-4,9-10,13H2,(H,27,31)(H,29,30)/t19-,20-,21?/m0/s1. The summed E-state index contributed by atoms with van der Waals surface area (Å²) < 4.78 is 0. The van der Waals surface area contributed by atoms with Crippen LogP contribution in [0, 0.1) is 0 Å². The molecule has 3 atom stereocenters. The molecule has 0 radical (unpaired) electrons. The fraction of sp³-hybridized carbons (Fsp3) is 0.417. The third-order valence-corrected chi connectivity index (χ3v) is 6.82. The lowest BCUT2D eigenvalue weighted by atomic mass is 10.0. The maximum absolute atomic E-state index is 12.4. The molecule has 0 spiro atoms. The van der Waals surface area contributed by atoms with Gasteiger partial charge in [0.05, 0.1) is 29.2 Å². The van der Waals surface area contributed by atoms with Gasteiger partial charge in [-0.15, -0.1) is 0 Å². The van der Waals surface area contributed by atoms with E-state index in [0.29, 0.717) is 6.04 Å². The number of fused-ring (bicyclic) bond motifs is 2. The summed E-state index contributed by atoms with van der Waals surface area (Å²) in [5.41, 5.74) is 6.60. The average Bonchev–Trinajstić information content (AvgIpc) is 3.58. The van der Waals surface area contributed by atoms with Gasteiger partial charge >= 0.3 is 0 Å². The Morgan fingerprint density at radius 3 is 2.74 bits per heavy atom. The van der Waals surface area contributed by atoms with Crippen LogP contribution in [0.3, 0.4) is 0 Å². The number of rotatable bonds is 4. The van der Waals surface area contributed by atoms with Gasteiger partial charge in [0.25, 0.3) is 0 Å². The molecular weight excluding hydrogens is 388 g/mol. The van der Waals surface area contributed by atoms with Gasteiger partial charge < -0.3 is 26.3 Å². The molecule has 31 heavy (non-hydrogen) atoms. The zero-order chi connectivity index (χ0) is 20.8. The van der Waals surface area contributed by atoms with E-state index in [1.807, 2.05) is 6.07 Å². The fourth-order valence-corrected chi connectivity index (χ4v) is 5.12. The van der Waals surface area contributed by atoms with Gasteiger partial charge in [-0.1, -0.05) is 6.07 Å². The van der Waals surface area contributed by atoms with E-state index in [1.54, 1.807) is 0 Å². The first kappa shape index (κ1) is 18.8. The molecule has 3 aliphatic rings. The zero-order valence-corrected chi connectivity index (χ0v) is 17.5. The van der Waals surface area contributed by atoms with Crippen molar-refractivity contribution in [3.8, 4) is 0 Å². The van der Waals surface area contributed by atoms with Gasteiger partial charge in [-0.25, -0.2) is 4.98 Å². The SMILES string of the molecule is O=C(Nc1ccc2c(c1)CC(c1ccc3[nH]c([C@@H]4CCCN4)nc3c1)N2)[C@@H]1CCCN1. The van der Waals surface area contributed by atoms with Crippen molar-refractivity contribution in [3.05, 3.63) is 53.3 Å². The van der Waals surface area contributed by atoms with Gasteiger partial charge in [-0.3, -0.25) is 4.79 Å². The first-order valence-corrected chi connectivity index (χ1v) is 11.4. The van der Waals surface area contributed by atoms with Crippen LogP contribution < -0.4 is 21.3 Å². The molecule has 160 valence electrons. The van der Waals surface area contributed by atoms with Crippen LogP contribution in [0.4, 0.5) is 11.4 Å². The van der Waals surface area contributed by atoms with Gasteiger partial charge in [0.2, 0.25) is 5.91 Å². The summed E-state index contributed by atoms with van der Waals surface area (Å²) >= 11 is 0. The summed E-state index contributed by atoms with van der Waals surface area (Å²) in [7, 11) is 0.